The van der Waals surface area contributed by atoms with Crippen LogP contribution in [-0.4, -0.2) is 22.1 Å². The van der Waals surface area contributed by atoms with E-state index in [-0.39, 0.29) is 41.1 Å². The van der Waals surface area contributed by atoms with Gasteiger partial charge < -0.3 is 9.15 Å². The molecule has 27 heavy (non-hydrogen) atoms. The minimum Gasteiger partial charge on any atom is -0.462 e. The summed E-state index contributed by atoms with van der Waals surface area (Å²) in [6, 6.07) is 4.65. The van der Waals surface area contributed by atoms with Crippen molar-refractivity contribution in [1.29, 1.82) is 0 Å². The number of halogens is 3. The summed E-state index contributed by atoms with van der Waals surface area (Å²) in [4.78, 5) is 28.9. The largest absolute Gasteiger partial charge is 0.462 e. The predicted octanol–water partition coefficient (Wildman–Crippen LogP) is 3.54. The minimum atomic E-state index is -4.48. The topological polar surface area (TPSA) is 74.3 Å². The maximum absolute atomic E-state index is 12.9. The molecule has 0 radical (unpaired) electrons. The van der Waals surface area contributed by atoms with Gasteiger partial charge in [-0.05, 0) is 31.5 Å². The second-order valence-electron chi connectivity index (χ2n) is 5.81. The van der Waals surface area contributed by atoms with Crippen LogP contribution in [0, 0.1) is 6.92 Å². The quantitative estimate of drug-likeness (QED) is 0.647. The third-order valence-electron chi connectivity index (χ3n) is 3.94. The fourth-order valence-electron chi connectivity index (χ4n) is 2.74. The number of aryl methyl sites for hydroxylation is 1. The molecule has 2 aromatic heterocycles. The Kier molecular flexibility index (Phi) is 4.77. The molecular weight excluding hydrogens is 365 g/mol. The molecule has 0 atom stereocenters. The normalized spacial score (nSPS) is 11.7. The molecule has 9 heteroatoms. The Morgan fingerprint density at radius 3 is 2.74 bits per heavy atom. The van der Waals surface area contributed by atoms with Crippen LogP contribution in [-0.2, 0) is 17.5 Å². The number of carbonyl (C=O) groups is 1. The third-order valence-corrected chi connectivity index (χ3v) is 3.94. The molecule has 0 fully saturated rings. The van der Waals surface area contributed by atoms with Gasteiger partial charge in [-0.25, -0.2) is 9.78 Å². The van der Waals surface area contributed by atoms with E-state index >= 15 is 0 Å². The van der Waals surface area contributed by atoms with Gasteiger partial charge in [-0.1, -0.05) is 12.1 Å². The Morgan fingerprint density at radius 1 is 1.33 bits per heavy atom. The molecule has 0 saturated heterocycles. The molecule has 0 saturated carbocycles. The fraction of sp³-hybridized carbons (Fsp3) is 0.278. The Morgan fingerprint density at radius 2 is 2.07 bits per heavy atom. The summed E-state index contributed by atoms with van der Waals surface area (Å²) in [5, 5.41) is -0.0552. The van der Waals surface area contributed by atoms with Gasteiger partial charge >= 0.3 is 12.1 Å². The molecule has 0 unspecified atom stereocenters. The molecule has 0 amide bonds. The van der Waals surface area contributed by atoms with E-state index in [2.05, 4.69) is 4.98 Å². The zero-order chi connectivity index (χ0) is 19.8. The molecule has 1 aromatic carbocycles. The fourth-order valence-corrected chi connectivity index (χ4v) is 2.74. The van der Waals surface area contributed by atoms with Gasteiger partial charge in [-0.2, -0.15) is 13.2 Å². The van der Waals surface area contributed by atoms with Gasteiger partial charge in [0.05, 0.1) is 18.7 Å². The number of rotatable bonds is 4. The average Bonchev–Trinajstić information content (AvgIpc) is 2.94. The molecule has 2 heterocycles. The molecular formula is C18H15F3N2O4. The molecule has 0 N–H and O–H groups in total. The van der Waals surface area contributed by atoms with Crippen LogP contribution in [0.5, 0.6) is 0 Å². The molecule has 0 bridgehead atoms. The highest BCUT2D eigenvalue weighted by molar-refractivity contribution is 6.03. The number of alkyl halides is 3. The van der Waals surface area contributed by atoms with Crippen molar-refractivity contribution in [3.8, 4) is 0 Å². The van der Waals surface area contributed by atoms with Crippen molar-refractivity contribution in [2.24, 2.45) is 0 Å². The summed E-state index contributed by atoms with van der Waals surface area (Å²) in [5.74, 6) is -0.533. The number of ether oxygens (including phenoxy) is 1. The smallest absolute Gasteiger partial charge is 0.416 e. The van der Waals surface area contributed by atoms with E-state index in [1.807, 2.05) is 0 Å². The van der Waals surface area contributed by atoms with Gasteiger partial charge in [0, 0.05) is 0 Å². The van der Waals surface area contributed by atoms with E-state index in [0.29, 0.717) is 0 Å². The number of fused-ring (bicyclic) bond motifs is 1. The van der Waals surface area contributed by atoms with Crippen LogP contribution < -0.4 is 5.56 Å². The van der Waals surface area contributed by atoms with Gasteiger partial charge in [0.2, 0.25) is 5.71 Å². The average molecular weight is 380 g/mol. The summed E-state index contributed by atoms with van der Waals surface area (Å²) in [7, 11) is 0. The first kappa shape index (κ1) is 18.7. The molecule has 142 valence electrons. The monoisotopic (exact) mass is 380 g/mol. The van der Waals surface area contributed by atoms with Crippen LogP contribution >= 0.6 is 0 Å². The molecule has 0 spiro atoms. The lowest BCUT2D eigenvalue weighted by atomic mass is 10.1. The zero-order valence-corrected chi connectivity index (χ0v) is 14.5. The van der Waals surface area contributed by atoms with Crippen LogP contribution in [0.3, 0.4) is 0 Å². The SMILES string of the molecule is CCOC(=O)c1c(C)oc2ncn(Cc3cccc(C(F)(F)F)c3)c(=O)c12. The van der Waals surface area contributed by atoms with Gasteiger partial charge in [-0.3, -0.25) is 9.36 Å². The zero-order valence-electron chi connectivity index (χ0n) is 14.5. The van der Waals surface area contributed by atoms with Crippen LogP contribution in [0.4, 0.5) is 13.2 Å². The number of furan rings is 1. The lowest BCUT2D eigenvalue weighted by Gasteiger charge is -2.10. The Hall–Kier alpha value is -3.10. The molecule has 6 nitrogen and oxygen atoms in total. The van der Waals surface area contributed by atoms with E-state index in [4.69, 9.17) is 9.15 Å². The van der Waals surface area contributed by atoms with Crippen LogP contribution in [0.2, 0.25) is 0 Å². The van der Waals surface area contributed by atoms with Crippen molar-refractivity contribution < 1.29 is 27.1 Å². The van der Waals surface area contributed by atoms with Crippen molar-refractivity contribution in [2.75, 3.05) is 6.61 Å². The first-order valence-electron chi connectivity index (χ1n) is 8.04. The first-order chi connectivity index (χ1) is 12.7. The molecule has 0 aliphatic rings. The summed E-state index contributed by atoms with van der Waals surface area (Å²) in [5.41, 5.74) is -1.19. The Balaban J connectivity index is 2.07. The van der Waals surface area contributed by atoms with Crippen molar-refractivity contribution in [2.45, 2.75) is 26.6 Å². The number of esters is 1. The van der Waals surface area contributed by atoms with Gasteiger partial charge in [0.1, 0.15) is 23.0 Å². The van der Waals surface area contributed by atoms with Gasteiger partial charge in [0.15, 0.2) is 0 Å². The van der Waals surface area contributed by atoms with E-state index in [1.54, 1.807) is 6.92 Å². The number of carbonyl (C=O) groups excluding carboxylic acids is 1. The summed E-state index contributed by atoms with van der Waals surface area (Å²) >= 11 is 0. The molecule has 3 rings (SSSR count). The minimum absolute atomic E-state index is 0.0252. The number of benzene rings is 1. The number of aromatic nitrogens is 2. The Labute approximate surface area is 151 Å². The molecule has 0 aliphatic heterocycles. The van der Waals surface area contributed by atoms with Gasteiger partial charge in [-0.15, -0.1) is 0 Å². The highest BCUT2D eigenvalue weighted by atomic mass is 19.4. The highest BCUT2D eigenvalue weighted by Gasteiger charge is 2.30. The second kappa shape index (κ2) is 6.90. The Bertz CT molecular complexity index is 1070. The molecule has 3 aromatic rings. The van der Waals surface area contributed by atoms with Crippen molar-refractivity contribution >= 4 is 17.1 Å². The summed E-state index contributed by atoms with van der Waals surface area (Å²) in [6.45, 7) is 3.10. The highest BCUT2D eigenvalue weighted by Crippen LogP contribution is 2.29. The third kappa shape index (κ3) is 3.57. The van der Waals surface area contributed by atoms with Crippen LogP contribution in [0.25, 0.3) is 11.1 Å². The number of hydrogen-bond acceptors (Lipinski definition) is 5. The maximum atomic E-state index is 12.9. The number of nitrogens with zero attached hydrogens (tertiary/aromatic N) is 2. The van der Waals surface area contributed by atoms with Crippen molar-refractivity contribution in [1.82, 2.24) is 9.55 Å². The van der Waals surface area contributed by atoms with Crippen LogP contribution in [0.15, 0.2) is 39.8 Å². The van der Waals surface area contributed by atoms with E-state index in [0.717, 1.165) is 16.7 Å². The predicted molar refractivity (Wildman–Crippen MR) is 89.5 cm³/mol. The number of hydrogen-bond donors (Lipinski definition) is 0. The lowest BCUT2D eigenvalue weighted by molar-refractivity contribution is -0.137. The standard InChI is InChI=1S/C18H15F3N2O4/c1-3-26-17(25)13-10(2)27-15-14(13)16(24)23(9-22-15)8-11-5-4-6-12(7-11)18(19,20)21/h4-7,9H,3,8H2,1-2H3. The summed E-state index contributed by atoms with van der Waals surface area (Å²) < 4.78 is 50.0. The molecule has 0 aliphatic carbocycles. The van der Waals surface area contributed by atoms with Crippen molar-refractivity contribution in [3.63, 3.8) is 0 Å². The van der Waals surface area contributed by atoms with Crippen LogP contribution in [0.1, 0.15) is 34.2 Å². The van der Waals surface area contributed by atoms with Gasteiger partial charge in [0.25, 0.3) is 5.56 Å². The van der Waals surface area contributed by atoms with E-state index in [9.17, 15) is 22.8 Å². The van der Waals surface area contributed by atoms with E-state index < -0.39 is 23.3 Å². The summed E-state index contributed by atoms with van der Waals surface area (Å²) in [6.07, 6.45) is -3.31. The van der Waals surface area contributed by atoms with E-state index in [1.165, 1.54) is 25.4 Å². The second-order valence-corrected chi connectivity index (χ2v) is 5.81. The lowest BCUT2D eigenvalue weighted by Crippen LogP contribution is -2.22. The first-order valence-corrected chi connectivity index (χ1v) is 8.04. The van der Waals surface area contributed by atoms with Crippen molar-refractivity contribution in [3.05, 3.63) is 63.4 Å². The maximum Gasteiger partial charge on any atom is 0.416 e.